The van der Waals surface area contributed by atoms with Crippen LogP contribution < -0.4 is 0 Å². The van der Waals surface area contributed by atoms with Crippen LogP contribution in [-0.2, 0) is 10.0 Å². The van der Waals surface area contributed by atoms with Gasteiger partial charge in [0.15, 0.2) is 0 Å². The van der Waals surface area contributed by atoms with E-state index in [-0.39, 0.29) is 16.5 Å². The number of hydrogen-bond acceptors (Lipinski definition) is 4. The van der Waals surface area contributed by atoms with Gasteiger partial charge in [-0.2, -0.15) is 4.31 Å². The summed E-state index contributed by atoms with van der Waals surface area (Å²) in [4.78, 5) is 10.5. The summed E-state index contributed by atoms with van der Waals surface area (Å²) in [5, 5.41) is 10.9. The van der Waals surface area contributed by atoms with E-state index in [0.717, 1.165) is 18.4 Å². The fraction of sp³-hybridized carbons (Fsp3) is 0.391. The Morgan fingerprint density at radius 2 is 1.60 bits per heavy atom. The molecule has 0 aromatic heterocycles. The zero-order valence-corrected chi connectivity index (χ0v) is 17.6. The van der Waals surface area contributed by atoms with E-state index in [1.807, 2.05) is 30.3 Å². The Morgan fingerprint density at radius 3 is 2.23 bits per heavy atom. The van der Waals surface area contributed by atoms with Crippen LogP contribution in [0.3, 0.4) is 0 Å². The summed E-state index contributed by atoms with van der Waals surface area (Å²) in [5.74, 6) is 0.435. The van der Waals surface area contributed by atoms with Crippen LogP contribution in [0.2, 0.25) is 0 Å². The summed E-state index contributed by atoms with van der Waals surface area (Å²) in [5.41, 5.74) is 2.20. The lowest BCUT2D eigenvalue weighted by Crippen LogP contribution is -2.40. The SMILES string of the molecule is O=[N+]([O-])c1ccc(S(=O)(=O)N2CC(C3CCCCC3)=CC(c3ccccc3)C2)cc1. The van der Waals surface area contributed by atoms with Crippen molar-refractivity contribution in [2.24, 2.45) is 5.92 Å². The lowest BCUT2D eigenvalue weighted by molar-refractivity contribution is -0.384. The van der Waals surface area contributed by atoms with Crippen molar-refractivity contribution in [2.75, 3.05) is 13.1 Å². The van der Waals surface area contributed by atoms with Gasteiger partial charge in [0.25, 0.3) is 5.69 Å². The maximum atomic E-state index is 13.4. The molecule has 1 aliphatic heterocycles. The van der Waals surface area contributed by atoms with Gasteiger partial charge in [0.2, 0.25) is 10.0 Å². The highest BCUT2D eigenvalue weighted by Crippen LogP contribution is 2.37. The minimum absolute atomic E-state index is 0.00435. The van der Waals surface area contributed by atoms with E-state index in [2.05, 4.69) is 6.08 Å². The maximum absolute atomic E-state index is 13.4. The van der Waals surface area contributed by atoms with Gasteiger partial charge in [0.05, 0.1) is 9.82 Å². The van der Waals surface area contributed by atoms with Gasteiger partial charge in [0.1, 0.15) is 0 Å². The molecule has 7 heteroatoms. The first-order valence-corrected chi connectivity index (χ1v) is 11.9. The minimum Gasteiger partial charge on any atom is -0.258 e. The third-order valence-corrected chi connectivity index (χ3v) is 8.04. The molecule has 1 saturated carbocycles. The molecule has 0 saturated heterocycles. The number of benzene rings is 2. The van der Waals surface area contributed by atoms with Crippen molar-refractivity contribution >= 4 is 15.7 Å². The van der Waals surface area contributed by atoms with Crippen molar-refractivity contribution in [1.82, 2.24) is 4.31 Å². The molecule has 30 heavy (non-hydrogen) atoms. The molecule has 1 atom stereocenters. The fourth-order valence-electron chi connectivity index (χ4n) is 4.56. The smallest absolute Gasteiger partial charge is 0.258 e. The van der Waals surface area contributed by atoms with Gasteiger partial charge < -0.3 is 0 Å². The molecule has 1 unspecified atom stereocenters. The Labute approximate surface area is 177 Å². The van der Waals surface area contributed by atoms with Crippen molar-refractivity contribution in [1.29, 1.82) is 0 Å². The van der Waals surface area contributed by atoms with Gasteiger partial charge in [-0.25, -0.2) is 8.42 Å². The summed E-state index contributed by atoms with van der Waals surface area (Å²) < 4.78 is 28.4. The first-order chi connectivity index (χ1) is 14.4. The Morgan fingerprint density at radius 1 is 0.933 bits per heavy atom. The van der Waals surface area contributed by atoms with Gasteiger partial charge >= 0.3 is 0 Å². The molecule has 0 spiro atoms. The third-order valence-electron chi connectivity index (χ3n) is 6.22. The molecular weight excluding hydrogens is 400 g/mol. The summed E-state index contributed by atoms with van der Waals surface area (Å²) in [7, 11) is -3.75. The van der Waals surface area contributed by atoms with Crippen molar-refractivity contribution in [3.8, 4) is 0 Å². The van der Waals surface area contributed by atoms with Crippen LogP contribution in [0.15, 0.2) is 71.1 Å². The fourth-order valence-corrected chi connectivity index (χ4v) is 6.02. The third kappa shape index (κ3) is 4.32. The van der Waals surface area contributed by atoms with E-state index >= 15 is 0 Å². The predicted octanol–water partition coefficient (Wildman–Crippen LogP) is 4.89. The van der Waals surface area contributed by atoms with Crippen molar-refractivity contribution in [3.63, 3.8) is 0 Å². The second kappa shape index (κ2) is 8.70. The topological polar surface area (TPSA) is 80.5 Å². The molecular formula is C23H26N2O4S. The Balaban J connectivity index is 1.66. The number of sulfonamides is 1. The van der Waals surface area contributed by atoms with Crippen LogP contribution in [0.25, 0.3) is 0 Å². The van der Waals surface area contributed by atoms with Crippen LogP contribution in [0.4, 0.5) is 5.69 Å². The molecule has 0 radical (unpaired) electrons. The molecule has 2 aromatic rings. The Kier molecular flexibility index (Phi) is 6.01. The van der Waals surface area contributed by atoms with E-state index in [1.54, 1.807) is 4.31 Å². The molecule has 0 amide bonds. The van der Waals surface area contributed by atoms with E-state index in [0.29, 0.717) is 19.0 Å². The van der Waals surface area contributed by atoms with E-state index in [4.69, 9.17) is 0 Å². The van der Waals surface area contributed by atoms with Crippen molar-refractivity contribution < 1.29 is 13.3 Å². The zero-order valence-electron chi connectivity index (χ0n) is 16.8. The van der Waals surface area contributed by atoms with Crippen LogP contribution in [0.5, 0.6) is 0 Å². The summed E-state index contributed by atoms with van der Waals surface area (Å²) >= 11 is 0. The number of nitrogens with zero attached hydrogens (tertiary/aromatic N) is 2. The summed E-state index contributed by atoms with van der Waals surface area (Å²) in [6, 6.07) is 15.2. The van der Waals surface area contributed by atoms with Crippen LogP contribution in [0, 0.1) is 16.0 Å². The predicted molar refractivity (Wildman–Crippen MR) is 116 cm³/mol. The van der Waals surface area contributed by atoms with Gasteiger partial charge in [-0.05, 0) is 36.5 Å². The molecule has 158 valence electrons. The highest BCUT2D eigenvalue weighted by atomic mass is 32.2. The monoisotopic (exact) mass is 426 g/mol. The average Bonchev–Trinajstić information content (AvgIpc) is 2.80. The van der Waals surface area contributed by atoms with Crippen LogP contribution in [0.1, 0.15) is 43.6 Å². The zero-order chi connectivity index (χ0) is 21.1. The molecule has 4 rings (SSSR count). The van der Waals surface area contributed by atoms with Crippen molar-refractivity contribution in [3.05, 3.63) is 81.9 Å². The number of rotatable bonds is 5. The quantitative estimate of drug-likeness (QED) is 0.387. The standard InChI is InChI=1S/C23H26N2O4S/c26-25(27)22-11-13-23(14-12-22)30(28,29)24-16-20(18-7-3-1-4-8-18)15-21(17-24)19-9-5-2-6-10-19/h1,3-4,7-8,11-15,19-20H,2,5-6,9-10,16-17H2. The lowest BCUT2D eigenvalue weighted by Gasteiger charge is -2.36. The number of nitro benzene ring substituents is 1. The summed E-state index contributed by atoms with van der Waals surface area (Å²) in [6.07, 6.45) is 8.13. The van der Waals surface area contributed by atoms with Gasteiger partial charge in [-0.3, -0.25) is 10.1 Å². The molecule has 0 bridgehead atoms. The lowest BCUT2D eigenvalue weighted by atomic mass is 9.80. The average molecular weight is 427 g/mol. The molecule has 1 fully saturated rings. The molecule has 2 aromatic carbocycles. The molecule has 1 aliphatic carbocycles. The largest absolute Gasteiger partial charge is 0.269 e. The first kappa shape index (κ1) is 20.8. The second-order valence-corrected chi connectivity index (χ2v) is 10.1. The number of nitro groups is 1. The highest BCUT2D eigenvalue weighted by molar-refractivity contribution is 7.89. The van der Waals surface area contributed by atoms with Gasteiger partial charge in [-0.1, -0.05) is 61.2 Å². The number of non-ortho nitro benzene ring substituents is 1. The van der Waals surface area contributed by atoms with Gasteiger partial charge in [0, 0.05) is 31.1 Å². The van der Waals surface area contributed by atoms with Crippen LogP contribution >= 0.6 is 0 Å². The molecule has 6 nitrogen and oxygen atoms in total. The first-order valence-electron chi connectivity index (χ1n) is 10.5. The van der Waals surface area contributed by atoms with E-state index in [9.17, 15) is 18.5 Å². The van der Waals surface area contributed by atoms with Crippen LogP contribution in [-0.4, -0.2) is 30.7 Å². The van der Waals surface area contributed by atoms with E-state index < -0.39 is 14.9 Å². The molecule has 2 aliphatic rings. The number of hydrogen-bond donors (Lipinski definition) is 0. The molecule has 1 heterocycles. The minimum atomic E-state index is -3.75. The maximum Gasteiger partial charge on any atom is 0.269 e. The molecule has 0 N–H and O–H groups in total. The Hall–Kier alpha value is -2.51. The van der Waals surface area contributed by atoms with Crippen molar-refractivity contribution in [2.45, 2.75) is 42.9 Å². The normalized spacial score (nSPS) is 21.2. The highest BCUT2D eigenvalue weighted by Gasteiger charge is 2.34. The second-order valence-electron chi connectivity index (χ2n) is 8.14. The van der Waals surface area contributed by atoms with Gasteiger partial charge in [-0.15, -0.1) is 0 Å². The van der Waals surface area contributed by atoms with E-state index in [1.165, 1.54) is 49.1 Å². The summed E-state index contributed by atoms with van der Waals surface area (Å²) in [6.45, 7) is 0.771. The Bertz CT molecular complexity index is 1030.